The predicted molar refractivity (Wildman–Crippen MR) is 82.6 cm³/mol. The van der Waals surface area contributed by atoms with Crippen LogP contribution in [0.3, 0.4) is 0 Å². The summed E-state index contributed by atoms with van der Waals surface area (Å²) < 4.78 is 3.53. The molecular formula is C14H14Br2N2O. The zero-order valence-corrected chi connectivity index (χ0v) is 14.2. The Morgan fingerprint density at radius 2 is 1.95 bits per heavy atom. The van der Waals surface area contributed by atoms with Crippen molar-refractivity contribution in [3.63, 3.8) is 0 Å². The molecule has 0 aliphatic carbocycles. The van der Waals surface area contributed by atoms with E-state index in [1.165, 1.54) is 0 Å². The van der Waals surface area contributed by atoms with Crippen molar-refractivity contribution in [2.75, 3.05) is 0 Å². The molecule has 100 valence electrons. The minimum atomic E-state index is 0.0827. The van der Waals surface area contributed by atoms with E-state index in [1.807, 2.05) is 39.1 Å². The lowest BCUT2D eigenvalue weighted by atomic mass is 10.0. The topological polar surface area (TPSA) is 34.9 Å². The number of Topliss-reactive ketones (excluding diaryl/α,β-unsaturated/α-hetero) is 1. The highest BCUT2D eigenvalue weighted by Gasteiger charge is 2.17. The summed E-state index contributed by atoms with van der Waals surface area (Å²) in [4.78, 5) is 12.4. The number of rotatable bonds is 3. The Morgan fingerprint density at radius 1 is 1.26 bits per heavy atom. The summed E-state index contributed by atoms with van der Waals surface area (Å²) in [5.74, 6) is 0.0827. The van der Waals surface area contributed by atoms with Gasteiger partial charge < -0.3 is 0 Å². The van der Waals surface area contributed by atoms with E-state index in [0.717, 1.165) is 25.9 Å². The Hall–Kier alpha value is -0.940. The van der Waals surface area contributed by atoms with Gasteiger partial charge in [0.25, 0.3) is 0 Å². The van der Waals surface area contributed by atoms with Crippen LogP contribution in [-0.2, 0) is 13.5 Å². The molecule has 3 nitrogen and oxygen atoms in total. The third-order valence-electron chi connectivity index (χ3n) is 3.08. The number of carbonyl (C=O) groups is 1. The van der Waals surface area contributed by atoms with E-state index in [-0.39, 0.29) is 5.78 Å². The largest absolute Gasteiger partial charge is 0.294 e. The summed E-state index contributed by atoms with van der Waals surface area (Å²) in [6.45, 7) is 3.89. The normalized spacial score (nSPS) is 10.8. The molecule has 5 heteroatoms. The Bertz CT molecular complexity index is 647. The Morgan fingerprint density at radius 3 is 2.53 bits per heavy atom. The lowest BCUT2D eigenvalue weighted by Gasteiger charge is -2.07. The van der Waals surface area contributed by atoms with Gasteiger partial charge in [0.15, 0.2) is 5.78 Å². The van der Waals surface area contributed by atoms with Crippen LogP contribution in [0, 0.1) is 13.8 Å². The first-order valence-electron chi connectivity index (χ1n) is 5.88. The number of hydrogen-bond donors (Lipinski definition) is 0. The molecule has 1 aromatic carbocycles. The molecule has 0 bridgehead atoms. The third kappa shape index (κ3) is 2.82. The molecule has 0 fully saturated rings. The van der Waals surface area contributed by atoms with Gasteiger partial charge in [0, 0.05) is 17.1 Å². The maximum absolute atomic E-state index is 12.4. The lowest BCUT2D eigenvalue weighted by Crippen LogP contribution is -2.09. The van der Waals surface area contributed by atoms with Crippen LogP contribution in [0.15, 0.2) is 27.1 Å². The van der Waals surface area contributed by atoms with E-state index >= 15 is 0 Å². The summed E-state index contributed by atoms with van der Waals surface area (Å²) in [6, 6.07) is 5.72. The van der Waals surface area contributed by atoms with E-state index in [4.69, 9.17) is 0 Å². The van der Waals surface area contributed by atoms with Crippen molar-refractivity contribution >= 4 is 37.6 Å². The Labute approximate surface area is 129 Å². The van der Waals surface area contributed by atoms with Crippen molar-refractivity contribution in [2.45, 2.75) is 20.3 Å². The zero-order chi connectivity index (χ0) is 14.2. The SMILES string of the molecule is Cc1cccc(C(=O)Cc2c(Br)c(C)nn2C)c1Br. The fourth-order valence-electron chi connectivity index (χ4n) is 1.98. The van der Waals surface area contributed by atoms with Gasteiger partial charge in [0.05, 0.1) is 22.3 Å². The number of halogens is 2. The van der Waals surface area contributed by atoms with Gasteiger partial charge >= 0.3 is 0 Å². The molecule has 1 heterocycles. The average Bonchev–Trinajstić information content (AvgIpc) is 2.59. The summed E-state index contributed by atoms with van der Waals surface area (Å²) >= 11 is 6.97. The van der Waals surface area contributed by atoms with E-state index in [0.29, 0.717) is 12.0 Å². The Balaban J connectivity index is 2.34. The standard InChI is InChI=1S/C14H14Br2N2O/c1-8-5-4-6-10(13(8)15)12(19)7-11-14(16)9(2)17-18(11)3/h4-6H,7H2,1-3H3. The van der Waals surface area contributed by atoms with Gasteiger partial charge in [-0.3, -0.25) is 9.48 Å². The molecule has 2 aromatic rings. The molecule has 0 amide bonds. The fourth-order valence-corrected chi connectivity index (χ4v) is 2.94. The summed E-state index contributed by atoms with van der Waals surface area (Å²) in [7, 11) is 1.85. The number of ketones is 1. The molecule has 19 heavy (non-hydrogen) atoms. The number of benzene rings is 1. The zero-order valence-electron chi connectivity index (χ0n) is 11.0. The van der Waals surface area contributed by atoms with Gasteiger partial charge in [-0.05, 0) is 51.3 Å². The quantitative estimate of drug-likeness (QED) is 0.748. The van der Waals surface area contributed by atoms with Crippen molar-refractivity contribution in [1.82, 2.24) is 9.78 Å². The van der Waals surface area contributed by atoms with Crippen molar-refractivity contribution in [3.05, 3.63) is 49.7 Å². The highest BCUT2D eigenvalue weighted by Crippen LogP contribution is 2.25. The van der Waals surface area contributed by atoms with Crippen LogP contribution in [-0.4, -0.2) is 15.6 Å². The third-order valence-corrected chi connectivity index (χ3v) is 5.17. The summed E-state index contributed by atoms with van der Waals surface area (Å²) in [5, 5.41) is 4.30. The summed E-state index contributed by atoms with van der Waals surface area (Å²) in [6.07, 6.45) is 0.333. The van der Waals surface area contributed by atoms with Gasteiger partial charge in [-0.15, -0.1) is 0 Å². The van der Waals surface area contributed by atoms with E-state index in [2.05, 4.69) is 37.0 Å². The number of carbonyl (C=O) groups excluding carboxylic acids is 1. The van der Waals surface area contributed by atoms with Crippen molar-refractivity contribution in [2.24, 2.45) is 7.05 Å². The number of aryl methyl sites for hydroxylation is 3. The van der Waals surface area contributed by atoms with Gasteiger partial charge in [0.2, 0.25) is 0 Å². The minimum Gasteiger partial charge on any atom is -0.294 e. The predicted octanol–water partition coefficient (Wildman–Crippen LogP) is 3.99. The molecule has 0 atom stereocenters. The lowest BCUT2D eigenvalue weighted by molar-refractivity contribution is 0.0989. The fraction of sp³-hybridized carbons (Fsp3) is 0.286. The second kappa shape index (κ2) is 5.59. The first-order valence-corrected chi connectivity index (χ1v) is 7.46. The van der Waals surface area contributed by atoms with Crippen LogP contribution in [0.25, 0.3) is 0 Å². The molecular weight excluding hydrogens is 372 g/mol. The van der Waals surface area contributed by atoms with Gasteiger partial charge in [-0.25, -0.2) is 0 Å². The Kier molecular flexibility index (Phi) is 4.26. The van der Waals surface area contributed by atoms with Crippen molar-refractivity contribution in [1.29, 1.82) is 0 Å². The molecule has 1 aromatic heterocycles. The van der Waals surface area contributed by atoms with E-state index in [9.17, 15) is 4.79 Å². The van der Waals surface area contributed by atoms with Gasteiger partial charge in [-0.1, -0.05) is 18.2 Å². The van der Waals surface area contributed by atoms with Gasteiger partial charge in [0.1, 0.15) is 0 Å². The van der Waals surface area contributed by atoms with Crippen LogP contribution in [0.4, 0.5) is 0 Å². The molecule has 0 radical (unpaired) electrons. The molecule has 0 unspecified atom stereocenters. The molecule has 0 saturated carbocycles. The molecule has 0 aliphatic rings. The molecule has 0 saturated heterocycles. The van der Waals surface area contributed by atoms with Crippen LogP contribution in [0.5, 0.6) is 0 Å². The number of nitrogens with zero attached hydrogens (tertiary/aromatic N) is 2. The van der Waals surface area contributed by atoms with Crippen LogP contribution < -0.4 is 0 Å². The second-order valence-corrected chi connectivity index (χ2v) is 6.09. The number of aromatic nitrogens is 2. The monoisotopic (exact) mass is 384 g/mol. The van der Waals surface area contributed by atoms with E-state index in [1.54, 1.807) is 4.68 Å². The summed E-state index contributed by atoms with van der Waals surface area (Å²) in [5.41, 5.74) is 3.57. The van der Waals surface area contributed by atoms with Gasteiger partial charge in [-0.2, -0.15) is 5.10 Å². The van der Waals surface area contributed by atoms with Crippen molar-refractivity contribution in [3.8, 4) is 0 Å². The van der Waals surface area contributed by atoms with E-state index < -0.39 is 0 Å². The maximum atomic E-state index is 12.4. The smallest absolute Gasteiger partial charge is 0.169 e. The van der Waals surface area contributed by atoms with Crippen LogP contribution in [0.1, 0.15) is 27.3 Å². The van der Waals surface area contributed by atoms with Crippen LogP contribution >= 0.6 is 31.9 Å². The molecule has 0 aliphatic heterocycles. The minimum absolute atomic E-state index is 0.0827. The van der Waals surface area contributed by atoms with Crippen molar-refractivity contribution < 1.29 is 4.79 Å². The van der Waals surface area contributed by atoms with Crippen LogP contribution in [0.2, 0.25) is 0 Å². The number of hydrogen-bond acceptors (Lipinski definition) is 2. The first-order chi connectivity index (χ1) is 8.91. The molecule has 0 spiro atoms. The average molecular weight is 386 g/mol. The maximum Gasteiger partial charge on any atom is 0.169 e. The highest BCUT2D eigenvalue weighted by atomic mass is 79.9. The highest BCUT2D eigenvalue weighted by molar-refractivity contribution is 9.11. The molecule has 0 N–H and O–H groups in total. The first kappa shape index (κ1) is 14.5. The molecule has 2 rings (SSSR count). The second-order valence-electron chi connectivity index (χ2n) is 4.51.